The first-order chi connectivity index (χ1) is 22.0. The molecule has 0 unspecified atom stereocenters. The van der Waals surface area contributed by atoms with Gasteiger partial charge in [0.25, 0.3) is 11.5 Å². The summed E-state index contributed by atoms with van der Waals surface area (Å²) in [5, 5.41) is 13.1. The molecule has 240 valence electrons. The molecule has 0 saturated carbocycles. The standard InChI is InChI=1S/C30H30ClFN8O6/c1-14-10-37(2)6-7-39(14)20-9-18(23(31)27(32)35-20)34-21(41)12-38-11-17(22-29(38)36-19-4-3-5-40(19)30(22)44)15-8-16(28(33)43)24(42)26-25(15)45-13-46-26/h8-9,11,14,42H,3-7,10,12-13H2,1-2H3,(H2,33,43)(H,34,35,41)/t14-/m1/s1. The first-order valence-corrected chi connectivity index (χ1v) is 15.1. The molecule has 46 heavy (non-hydrogen) atoms. The Morgan fingerprint density at radius 2 is 1.96 bits per heavy atom. The monoisotopic (exact) mass is 652 g/mol. The van der Waals surface area contributed by atoms with E-state index >= 15 is 0 Å². The van der Waals surface area contributed by atoms with Crippen LogP contribution in [0.1, 0.15) is 29.5 Å². The van der Waals surface area contributed by atoms with E-state index in [9.17, 15) is 23.9 Å². The van der Waals surface area contributed by atoms with E-state index in [1.165, 1.54) is 10.6 Å². The largest absolute Gasteiger partial charge is 0.504 e. The van der Waals surface area contributed by atoms with Crippen LogP contribution >= 0.6 is 11.6 Å². The number of ether oxygens (including phenoxy) is 2. The number of likely N-dealkylation sites (N-methyl/N-ethyl adjacent to an activating group) is 1. The van der Waals surface area contributed by atoms with Crippen LogP contribution in [0.15, 0.2) is 23.1 Å². The maximum absolute atomic E-state index is 14.9. The number of aromatic hydroxyl groups is 1. The lowest BCUT2D eigenvalue weighted by Gasteiger charge is -2.39. The first kappa shape index (κ1) is 29.8. The Hall–Kier alpha value is -4.89. The maximum atomic E-state index is 14.9. The van der Waals surface area contributed by atoms with Crippen molar-refractivity contribution in [2.45, 2.75) is 38.9 Å². The topological polar surface area (TPSA) is 170 Å². The van der Waals surface area contributed by atoms with E-state index in [4.69, 9.17) is 31.8 Å². The minimum atomic E-state index is -0.914. The molecular weight excluding hydrogens is 623 g/mol. The first-order valence-electron chi connectivity index (χ1n) is 14.7. The number of pyridine rings is 1. The number of nitrogens with two attached hydrogens (primary N) is 1. The van der Waals surface area contributed by atoms with Crippen molar-refractivity contribution in [3.05, 3.63) is 51.0 Å². The summed E-state index contributed by atoms with van der Waals surface area (Å²) < 4.78 is 29.0. The van der Waals surface area contributed by atoms with Gasteiger partial charge in [0, 0.05) is 62.0 Å². The van der Waals surface area contributed by atoms with Crippen LogP contribution in [0.5, 0.6) is 17.2 Å². The van der Waals surface area contributed by atoms with Crippen LogP contribution in [0.2, 0.25) is 5.02 Å². The van der Waals surface area contributed by atoms with Crippen LogP contribution in [0, 0.1) is 5.95 Å². The Morgan fingerprint density at radius 3 is 2.72 bits per heavy atom. The van der Waals surface area contributed by atoms with Gasteiger partial charge >= 0.3 is 0 Å². The van der Waals surface area contributed by atoms with Gasteiger partial charge in [0.1, 0.15) is 28.9 Å². The predicted molar refractivity (Wildman–Crippen MR) is 166 cm³/mol. The van der Waals surface area contributed by atoms with Crippen molar-refractivity contribution >= 4 is 46.0 Å². The minimum absolute atomic E-state index is 0.0535. The van der Waals surface area contributed by atoms with Gasteiger partial charge in [-0.1, -0.05) is 11.6 Å². The van der Waals surface area contributed by atoms with Crippen molar-refractivity contribution in [3.63, 3.8) is 0 Å². The van der Waals surface area contributed by atoms with Gasteiger partial charge in [0.15, 0.2) is 11.5 Å². The van der Waals surface area contributed by atoms with E-state index in [0.717, 1.165) is 19.5 Å². The average molecular weight is 653 g/mol. The molecule has 16 heteroatoms. The maximum Gasteiger partial charge on any atom is 0.263 e. The molecule has 0 radical (unpaired) electrons. The Labute approximate surface area is 266 Å². The van der Waals surface area contributed by atoms with E-state index in [1.54, 1.807) is 16.8 Å². The van der Waals surface area contributed by atoms with Gasteiger partial charge in [-0.15, -0.1) is 0 Å². The second-order valence-electron chi connectivity index (χ2n) is 11.7. The molecule has 7 rings (SSSR count). The second kappa shape index (κ2) is 11.2. The van der Waals surface area contributed by atoms with Crippen LogP contribution in [0.4, 0.5) is 15.9 Å². The number of aromatic nitrogens is 4. The Balaban J connectivity index is 1.29. The third-order valence-electron chi connectivity index (χ3n) is 8.63. The number of halogens is 2. The van der Waals surface area contributed by atoms with E-state index in [-0.39, 0.29) is 69.3 Å². The van der Waals surface area contributed by atoms with Crippen molar-refractivity contribution in [3.8, 4) is 28.4 Å². The average Bonchev–Trinajstić information content (AvgIpc) is 3.76. The number of primary amides is 1. The smallest absolute Gasteiger partial charge is 0.263 e. The zero-order valence-electron chi connectivity index (χ0n) is 25.0. The number of hydrogen-bond donors (Lipinski definition) is 3. The lowest BCUT2D eigenvalue weighted by molar-refractivity contribution is -0.116. The van der Waals surface area contributed by atoms with Crippen LogP contribution in [-0.4, -0.2) is 80.4 Å². The van der Waals surface area contributed by atoms with Gasteiger partial charge in [0.2, 0.25) is 24.4 Å². The number of nitrogens with one attached hydrogen (secondary N) is 1. The van der Waals surface area contributed by atoms with E-state index < -0.39 is 23.5 Å². The van der Waals surface area contributed by atoms with Crippen LogP contribution in [0.25, 0.3) is 22.2 Å². The van der Waals surface area contributed by atoms with Crippen molar-refractivity contribution in [1.29, 1.82) is 0 Å². The Morgan fingerprint density at radius 1 is 1.17 bits per heavy atom. The summed E-state index contributed by atoms with van der Waals surface area (Å²) in [6, 6.07) is 2.92. The van der Waals surface area contributed by atoms with Gasteiger partial charge in [-0.05, 0) is 26.5 Å². The number of hydrogen-bond acceptors (Lipinski definition) is 10. The van der Waals surface area contributed by atoms with Gasteiger partial charge in [-0.2, -0.15) is 4.39 Å². The number of benzene rings is 1. The highest BCUT2D eigenvalue weighted by Crippen LogP contribution is 2.50. The zero-order chi connectivity index (χ0) is 32.4. The molecule has 2 amide bonds. The molecule has 4 N–H and O–H groups in total. The molecule has 4 aromatic rings. The fourth-order valence-electron chi connectivity index (χ4n) is 6.44. The number of piperazine rings is 1. The number of carbonyl (C=O) groups is 2. The number of rotatable bonds is 6. The molecule has 3 aliphatic heterocycles. The molecule has 3 aromatic heterocycles. The van der Waals surface area contributed by atoms with Crippen LogP contribution < -0.4 is 31.0 Å². The van der Waals surface area contributed by atoms with Crippen molar-refractivity contribution in [2.75, 3.05) is 43.7 Å². The zero-order valence-corrected chi connectivity index (χ0v) is 25.7. The summed E-state index contributed by atoms with van der Waals surface area (Å²) in [6.45, 7) is 4.07. The highest BCUT2D eigenvalue weighted by molar-refractivity contribution is 6.33. The molecule has 1 saturated heterocycles. The van der Waals surface area contributed by atoms with Crippen molar-refractivity contribution in [2.24, 2.45) is 5.73 Å². The molecule has 0 aliphatic carbocycles. The summed E-state index contributed by atoms with van der Waals surface area (Å²) in [5.74, 6) is -1.92. The number of phenols is 1. The lowest BCUT2D eigenvalue weighted by atomic mass is 10.00. The van der Waals surface area contributed by atoms with Gasteiger partial charge in [0.05, 0.1) is 16.6 Å². The summed E-state index contributed by atoms with van der Waals surface area (Å²) in [6.07, 6.45) is 2.84. The third-order valence-corrected chi connectivity index (χ3v) is 8.99. The normalized spacial score (nSPS) is 17.5. The fraction of sp³-hybridized carbons (Fsp3) is 0.367. The lowest BCUT2D eigenvalue weighted by Crippen LogP contribution is -2.50. The minimum Gasteiger partial charge on any atom is -0.504 e. The molecule has 14 nitrogen and oxygen atoms in total. The molecule has 0 spiro atoms. The SMILES string of the molecule is C[C@@H]1CN(C)CCN1c1cc(NC(=O)Cn2cc(-c3cc(C(N)=O)c(O)c4c3OCO4)c3c(=O)n4c(nc32)CCC4)c(Cl)c(F)n1. The molecule has 1 atom stereocenters. The highest BCUT2D eigenvalue weighted by Gasteiger charge is 2.32. The number of fused-ring (bicyclic) bond motifs is 3. The summed E-state index contributed by atoms with van der Waals surface area (Å²) in [4.78, 5) is 52.5. The fourth-order valence-corrected chi connectivity index (χ4v) is 6.59. The van der Waals surface area contributed by atoms with Gasteiger partial charge < -0.3 is 40.0 Å². The Bertz CT molecular complexity index is 2010. The molecular formula is C30H30ClFN8O6. The van der Waals surface area contributed by atoms with Crippen LogP contribution in [0.3, 0.4) is 0 Å². The molecule has 3 aliphatic rings. The molecule has 6 heterocycles. The number of nitrogens with zero attached hydrogens (tertiary/aromatic N) is 6. The van der Waals surface area contributed by atoms with E-state index in [0.29, 0.717) is 36.7 Å². The number of anilines is 2. The number of amides is 2. The quantitative estimate of drug-likeness (QED) is 0.263. The second-order valence-corrected chi connectivity index (χ2v) is 12.1. The van der Waals surface area contributed by atoms with Gasteiger partial charge in [-0.25, -0.2) is 9.97 Å². The van der Waals surface area contributed by atoms with Gasteiger partial charge in [-0.3, -0.25) is 19.0 Å². The number of carbonyl (C=O) groups excluding carboxylic acids is 2. The summed E-state index contributed by atoms with van der Waals surface area (Å²) in [5.41, 5.74) is 5.80. The van der Waals surface area contributed by atoms with E-state index in [2.05, 4.69) is 15.2 Å². The summed E-state index contributed by atoms with van der Waals surface area (Å²) in [7, 11) is 2.01. The van der Waals surface area contributed by atoms with Crippen molar-refractivity contribution < 1.29 is 28.6 Å². The third kappa shape index (κ3) is 4.86. The predicted octanol–water partition coefficient (Wildman–Crippen LogP) is 2.31. The van der Waals surface area contributed by atoms with Crippen LogP contribution in [-0.2, 0) is 24.3 Å². The van der Waals surface area contributed by atoms with Crippen molar-refractivity contribution in [1.82, 2.24) is 24.0 Å². The number of aryl methyl sites for hydroxylation is 1. The molecule has 1 aromatic carbocycles. The molecule has 0 bridgehead atoms. The summed E-state index contributed by atoms with van der Waals surface area (Å²) >= 11 is 6.26. The molecule has 1 fully saturated rings. The highest BCUT2D eigenvalue weighted by atomic mass is 35.5. The van der Waals surface area contributed by atoms with E-state index in [1.807, 2.05) is 18.9 Å². The Kier molecular flexibility index (Phi) is 7.24.